The highest BCUT2D eigenvalue weighted by Crippen LogP contribution is 2.41. The quantitative estimate of drug-likeness (QED) is 0.274. The zero-order valence-electron chi connectivity index (χ0n) is 15.6. The zero-order valence-corrected chi connectivity index (χ0v) is 15.6. The van der Waals surface area contributed by atoms with Crippen LogP contribution in [0.5, 0.6) is 0 Å². The summed E-state index contributed by atoms with van der Waals surface area (Å²) in [7, 11) is 0. The molecule has 9 nitrogen and oxygen atoms in total. The Balaban J connectivity index is 1.79. The van der Waals surface area contributed by atoms with E-state index in [0.717, 1.165) is 27.8 Å². The van der Waals surface area contributed by atoms with E-state index in [-0.39, 0.29) is 21.9 Å². The molecule has 0 N–H and O–H groups in total. The number of hydrogen-bond acceptors (Lipinski definition) is 6. The Morgan fingerprint density at radius 2 is 1.19 bits per heavy atom. The third-order valence-electron chi connectivity index (χ3n) is 5.37. The van der Waals surface area contributed by atoms with Crippen molar-refractivity contribution >= 4 is 50.4 Å². The number of amides is 2. The van der Waals surface area contributed by atoms with E-state index in [2.05, 4.69) is 0 Å². The molecule has 5 rings (SSSR count). The van der Waals surface area contributed by atoms with Crippen LogP contribution in [-0.4, -0.2) is 21.7 Å². The standard InChI is InChI=1S/C22H11N3O6/c26-21-15-7-9-17(24(28)29)20-18(25(30)31)10-8-16(19(15)20)22(27)23(21)14-6-5-12-3-1-2-4-13(12)11-14/h1-11H. The van der Waals surface area contributed by atoms with Gasteiger partial charge in [0, 0.05) is 28.6 Å². The summed E-state index contributed by atoms with van der Waals surface area (Å²) in [5.74, 6) is -1.40. The summed E-state index contributed by atoms with van der Waals surface area (Å²) in [6.07, 6.45) is 0. The third kappa shape index (κ3) is 2.57. The van der Waals surface area contributed by atoms with Crippen LogP contribution in [-0.2, 0) is 0 Å². The molecular formula is C22H11N3O6. The summed E-state index contributed by atoms with van der Waals surface area (Å²) in [5.41, 5.74) is -0.748. The van der Waals surface area contributed by atoms with Gasteiger partial charge in [-0.3, -0.25) is 29.8 Å². The van der Waals surface area contributed by atoms with Crippen LogP contribution in [0.3, 0.4) is 0 Å². The molecule has 1 aliphatic heterocycles. The van der Waals surface area contributed by atoms with Gasteiger partial charge in [-0.2, -0.15) is 0 Å². The first-order valence-corrected chi connectivity index (χ1v) is 9.14. The number of rotatable bonds is 3. The molecule has 9 heteroatoms. The molecule has 0 atom stereocenters. The second kappa shape index (κ2) is 6.42. The molecule has 150 valence electrons. The highest BCUT2D eigenvalue weighted by Gasteiger charge is 2.38. The van der Waals surface area contributed by atoms with Gasteiger partial charge >= 0.3 is 0 Å². The van der Waals surface area contributed by atoms with E-state index in [1.165, 1.54) is 12.1 Å². The van der Waals surface area contributed by atoms with Crippen molar-refractivity contribution in [3.63, 3.8) is 0 Å². The summed E-state index contributed by atoms with van der Waals surface area (Å²) >= 11 is 0. The zero-order chi connectivity index (χ0) is 21.9. The lowest BCUT2D eigenvalue weighted by Crippen LogP contribution is -2.40. The number of carbonyl (C=O) groups excluding carboxylic acids is 2. The van der Waals surface area contributed by atoms with Gasteiger partial charge in [0.05, 0.1) is 15.5 Å². The minimum absolute atomic E-state index is 0.00735. The second-order valence-corrected chi connectivity index (χ2v) is 7.01. The number of benzene rings is 4. The van der Waals surface area contributed by atoms with E-state index in [1.807, 2.05) is 24.3 Å². The van der Waals surface area contributed by atoms with Crippen LogP contribution in [0.15, 0.2) is 66.7 Å². The van der Waals surface area contributed by atoms with E-state index in [0.29, 0.717) is 5.69 Å². The van der Waals surface area contributed by atoms with Crippen molar-refractivity contribution in [2.24, 2.45) is 0 Å². The molecule has 1 aliphatic rings. The largest absolute Gasteiger partial charge is 0.284 e. The number of nitro benzene ring substituents is 2. The minimum Gasteiger partial charge on any atom is -0.268 e. The molecule has 0 spiro atoms. The smallest absolute Gasteiger partial charge is 0.268 e. The predicted molar refractivity (Wildman–Crippen MR) is 112 cm³/mol. The van der Waals surface area contributed by atoms with Crippen molar-refractivity contribution in [1.82, 2.24) is 0 Å². The van der Waals surface area contributed by atoms with Crippen molar-refractivity contribution in [2.75, 3.05) is 4.90 Å². The Hall–Kier alpha value is -4.66. The first-order chi connectivity index (χ1) is 14.9. The van der Waals surface area contributed by atoms with Crippen LogP contribution >= 0.6 is 0 Å². The first kappa shape index (κ1) is 18.4. The van der Waals surface area contributed by atoms with E-state index in [4.69, 9.17) is 0 Å². The van der Waals surface area contributed by atoms with Crippen LogP contribution < -0.4 is 4.90 Å². The molecule has 0 unspecified atom stereocenters. The maximum absolute atomic E-state index is 13.3. The maximum atomic E-state index is 13.3. The molecule has 2 amide bonds. The van der Waals surface area contributed by atoms with Gasteiger partial charge in [-0.25, -0.2) is 4.90 Å². The number of non-ortho nitro benzene ring substituents is 2. The van der Waals surface area contributed by atoms with E-state index in [1.54, 1.807) is 18.2 Å². The van der Waals surface area contributed by atoms with Gasteiger partial charge in [0.25, 0.3) is 23.2 Å². The molecule has 1 heterocycles. The molecule has 4 aromatic carbocycles. The summed E-state index contributed by atoms with van der Waals surface area (Å²) in [6.45, 7) is 0. The Morgan fingerprint density at radius 3 is 1.74 bits per heavy atom. The third-order valence-corrected chi connectivity index (χ3v) is 5.37. The van der Waals surface area contributed by atoms with Crippen molar-refractivity contribution in [3.8, 4) is 0 Å². The number of hydrogen-bond donors (Lipinski definition) is 0. The highest BCUT2D eigenvalue weighted by atomic mass is 16.6. The van der Waals surface area contributed by atoms with Gasteiger partial charge in [0.15, 0.2) is 0 Å². The SMILES string of the molecule is O=C1c2ccc([N+](=O)[O-])c3c([N+](=O)[O-])ccc(c23)C(=O)N1c1ccc2ccccc2c1. The van der Waals surface area contributed by atoms with Crippen molar-refractivity contribution < 1.29 is 19.4 Å². The summed E-state index contributed by atoms with van der Waals surface area (Å²) < 4.78 is 0. The number of nitro groups is 2. The van der Waals surface area contributed by atoms with Crippen LogP contribution in [0.1, 0.15) is 20.7 Å². The summed E-state index contributed by atoms with van der Waals surface area (Å²) in [4.78, 5) is 49.0. The summed E-state index contributed by atoms with van der Waals surface area (Å²) in [6, 6.07) is 17.1. The molecule has 0 fully saturated rings. The topological polar surface area (TPSA) is 124 Å². The average molecular weight is 413 g/mol. The van der Waals surface area contributed by atoms with Crippen LogP contribution in [0, 0.1) is 20.2 Å². The number of fused-ring (bicyclic) bond motifs is 1. The minimum atomic E-state index is -0.763. The molecule has 31 heavy (non-hydrogen) atoms. The Morgan fingerprint density at radius 1 is 0.645 bits per heavy atom. The van der Waals surface area contributed by atoms with Gasteiger partial charge in [-0.15, -0.1) is 0 Å². The monoisotopic (exact) mass is 413 g/mol. The molecule has 0 saturated carbocycles. The molecule has 0 aliphatic carbocycles. The number of anilines is 1. The molecule has 0 radical (unpaired) electrons. The highest BCUT2D eigenvalue weighted by molar-refractivity contribution is 6.37. The van der Waals surface area contributed by atoms with Gasteiger partial charge < -0.3 is 0 Å². The molecule has 0 saturated heterocycles. The fraction of sp³-hybridized carbons (Fsp3) is 0. The van der Waals surface area contributed by atoms with Gasteiger partial charge in [-0.1, -0.05) is 30.3 Å². The predicted octanol–water partition coefficient (Wildman–Crippen LogP) is 4.61. The normalized spacial score (nSPS) is 13.1. The first-order valence-electron chi connectivity index (χ1n) is 9.14. The lowest BCUT2D eigenvalue weighted by atomic mass is 9.91. The fourth-order valence-corrected chi connectivity index (χ4v) is 4.00. The van der Waals surface area contributed by atoms with Gasteiger partial charge in [0.2, 0.25) is 0 Å². The van der Waals surface area contributed by atoms with Crippen LogP contribution in [0.25, 0.3) is 21.5 Å². The Bertz CT molecular complexity index is 1430. The van der Waals surface area contributed by atoms with E-state index in [9.17, 15) is 29.8 Å². The van der Waals surface area contributed by atoms with Crippen LogP contribution in [0.4, 0.5) is 17.1 Å². The van der Waals surface area contributed by atoms with E-state index < -0.39 is 33.0 Å². The van der Waals surface area contributed by atoms with Gasteiger partial charge in [0.1, 0.15) is 5.39 Å². The van der Waals surface area contributed by atoms with Gasteiger partial charge in [-0.05, 0) is 35.0 Å². The molecule has 0 aromatic heterocycles. The van der Waals surface area contributed by atoms with Crippen LogP contribution in [0.2, 0.25) is 0 Å². The number of carbonyl (C=O) groups is 2. The van der Waals surface area contributed by atoms with Crippen molar-refractivity contribution in [3.05, 3.63) is 98.1 Å². The number of nitrogens with zero attached hydrogens (tertiary/aromatic N) is 3. The fourth-order valence-electron chi connectivity index (χ4n) is 4.00. The Kier molecular flexibility index (Phi) is 3.81. The average Bonchev–Trinajstić information content (AvgIpc) is 2.76. The second-order valence-electron chi connectivity index (χ2n) is 7.01. The molecular weight excluding hydrogens is 402 g/mol. The number of imide groups is 1. The molecule has 0 bridgehead atoms. The molecule has 4 aromatic rings. The lowest BCUT2D eigenvalue weighted by molar-refractivity contribution is -0.390. The summed E-state index contributed by atoms with van der Waals surface area (Å²) in [5, 5.41) is 24.3. The maximum Gasteiger partial charge on any atom is 0.284 e. The van der Waals surface area contributed by atoms with Crippen molar-refractivity contribution in [1.29, 1.82) is 0 Å². The van der Waals surface area contributed by atoms with E-state index >= 15 is 0 Å². The lowest BCUT2D eigenvalue weighted by Gasteiger charge is -2.27. The Labute approximate surface area is 173 Å². The van der Waals surface area contributed by atoms with Crippen molar-refractivity contribution in [2.45, 2.75) is 0 Å².